The minimum absolute atomic E-state index is 0.225. The van der Waals surface area contributed by atoms with Gasteiger partial charge in [0.2, 0.25) is 0 Å². The number of hydrogen-bond donors (Lipinski definition) is 0. The second-order valence-corrected chi connectivity index (χ2v) is 3.95. The van der Waals surface area contributed by atoms with Gasteiger partial charge in [0.05, 0.1) is 13.2 Å². The minimum atomic E-state index is -0.383. The summed E-state index contributed by atoms with van der Waals surface area (Å²) in [7, 11) is 1.43. The van der Waals surface area contributed by atoms with Crippen LogP contribution in [-0.2, 0) is 6.42 Å². The Kier molecular flexibility index (Phi) is 4.10. The average molecular weight is 272 g/mol. The van der Waals surface area contributed by atoms with Gasteiger partial charge in [-0.3, -0.25) is 0 Å². The first-order chi connectivity index (χ1) is 7.11. The smallest absolute Gasteiger partial charge is 0.165 e. The Labute approximate surface area is 96.8 Å². The van der Waals surface area contributed by atoms with Gasteiger partial charge in [-0.2, -0.15) is 5.26 Å². The lowest BCUT2D eigenvalue weighted by atomic mass is 10.1. The molecule has 1 aromatic rings. The van der Waals surface area contributed by atoms with Crippen molar-refractivity contribution < 1.29 is 9.13 Å². The number of nitrogens with zero attached hydrogens (tertiary/aromatic N) is 1. The summed E-state index contributed by atoms with van der Waals surface area (Å²) in [5.41, 5.74) is 1.53. The van der Waals surface area contributed by atoms with Crippen molar-refractivity contribution >= 4 is 15.9 Å². The highest BCUT2D eigenvalue weighted by molar-refractivity contribution is 9.10. The maximum atomic E-state index is 13.5. The van der Waals surface area contributed by atoms with Crippen LogP contribution in [0.5, 0.6) is 5.75 Å². The van der Waals surface area contributed by atoms with Crippen LogP contribution < -0.4 is 4.74 Å². The van der Waals surface area contributed by atoms with E-state index in [4.69, 9.17) is 10.00 Å². The number of hydrogen-bond acceptors (Lipinski definition) is 2. The maximum Gasteiger partial charge on any atom is 0.165 e. The summed E-state index contributed by atoms with van der Waals surface area (Å²) in [4.78, 5) is 0. The molecule has 0 radical (unpaired) electrons. The SMILES string of the molecule is COc1c(F)cc(C)c(Br)c1CCC#N. The molecule has 0 saturated carbocycles. The molecule has 0 aromatic heterocycles. The number of ether oxygens (including phenoxy) is 1. The van der Waals surface area contributed by atoms with E-state index in [1.165, 1.54) is 13.2 Å². The van der Waals surface area contributed by atoms with Gasteiger partial charge in [0, 0.05) is 16.5 Å². The van der Waals surface area contributed by atoms with Crippen molar-refractivity contribution in [1.82, 2.24) is 0 Å². The van der Waals surface area contributed by atoms with Crippen molar-refractivity contribution in [2.45, 2.75) is 19.8 Å². The highest BCUT2D eigenvalue weighted by Crippen LogP contribution is 2.33. The zero-order valence-corrected chi connectivity index (χ0v) is 10.2. The molecule has 0 N–H and O–H groups in total. The second kappa shape index (κ2) is 5.13. The van der Waals surface area contributed by atoms with Crippen molar-refractivity contribution in [3.05, 3.63) is 27.5 Å². The van der Waals surface area contributed by atoms with E-state index in [9.17, 15) is 4.39 Å². The third kappa shape index (κ3) is 2.48. The number of rotatable bonds is 3. The highest BCUT2D eigenvalue weighted by Gasteiger charge is 2.15. The molecule has 0 aliphatic rings. The predicted molar refractivity (Wildman–Crippen MR) is 59.3 cm³/mol. The van der Waals surface area contributed by atoms with E-state index < -0.39 is 0 Å². The molecule has 80 valence electrons. The van der Waals surface area contributed by atoms with Crippen LogP contribution in [0.15, 0.2) is 10.5 Å². The lowest BCUT2D eigenvalue weighted by Crippen LogP contribution is -1.99. The van der Waals surface area contributed by atoms with Gasteiger partial charge in [-0.1, -0.05) is 15.9 Å². The zero-order chi connectivity index (χ0) is 11.4. The van der Waals surface area contributed by atoms with Crippen LogP contribution in [-0.4, -0.2) is 7.11 Å². The van der Waals surface area contributed by atoms with E-state index in [2.05, 4.69) is 15.9 Å². The molecule has 0 unspecified atom stereocenters. The van der Waals surface area contributed by atoms with Gasteiger partial charge in [0.1, 0.15) is 0 Å². The molecule has 0 atom stereocenters. The summed E-state index contributed by atoms with van der Waals surface area (Å²) in [5.74, 6) is -0.158. The highest BCUT2D eigenvalue weighted by atomic mass is 79.9. The van der Waals surface area contributed by atoms with Crippen LogP contribution in [0.3, 0.4) is 0 Å². The van der Waals surface area contributed by atoms with E-state index in [0.29, 0.717) is 12.8 Å². The van der Waals surface area contributed by atoms with Crippen molar-refractivity contribution in [2.75, 3.05) is 7.11 Å². The largest absolute Gasteiger partial charge is 0.493 e. The molecule has 0 bridgehead atoms. The molecule has 0 fully saturated rings. The molecule has 15 heavy (non-hydrogen) atoms. The van der Waals surface area contributed by atoms with Gasteiger partial charge in [0.25, 0.3) is 0 Å². The van der Waals surface area contributed by atoms with E-state index in [1.54, 1.807) is 0 Å². The second-order valence-electron chi connectivity index (χ2n) is 3.16. The van der Waals surface area contributed by atoms with Gasteiger partial charge in [0.15, 0.2) is 11.6 Å². The molecule has 1 aromatic carbocycles. The van der Waals surface area contributed by atoms with E-state index in [0.717, 1.165) is 15.6 Å². The number of benzene rings is 1. The zero-order valence-electron chi connectivity index (χ0n) is 8.60. The molecule has 0 amide bonds. The van der Waals surface area contributed by atoms with E-state index >= 15 is 0 Å². The van der Waals surface area contributed by atoms with Crippen LogP contribution in [0.25, 0.3) is 0 Å². The van der Waals surface area contributed by atoms with Crippen LogP contribution >= 0.6 is 15.9 Å². The van der Waals surface area contributed by atoms with Gasteiger partial charge >= 0.3 is 0 Å². The summed E-state index contributed by atoms with van der Waals surface area (Å²) < 4.78 is 19.3. The quantitative estimate of drug-likeness (QED) is 0.845. The van der Waals surface area contributed by atoms with Crippen molar-refractivity contribution in [2.24, 2.45) is 0 Å². The summed E-state index contributed by atoms with van der Waals surface area (Å²) in [6, 6.07) is 3.45. The Morgan fingerprint density at radius 2 is 2.27 bits per heavy atom. The van der Waals surface area contributed by atoms with Crippen molar-refractivity contribution in [3.8, 4) is 11.8 Å². The molecular formula is C11H11BrFNO. The summed E-state index contributed by atoms with van der Waals surface area (Å²) in [6.07, 6.45) is 0.830. The Hall–Kier alpha value is -1.08. The van der Waals surface area contributed by atoms with Gasteiger partial charge in [-0.05, 0) is 25.0 Å². The number of halogens is 2. The van der Waals surface area contributed by atoms with Crippen LogP contribution in [0, 0.1) is 24.1 Å². The summed E-state index contributed by atoms with van der Waals surface area (Å²) in [6.45, 7) is 1.81. The lowest BCUT2D eigenvalue weighted by Gasteiger charge is -2.12. The summed E-state index contributed by atoms with van der Waals surface area (Å²) in [5, 5.41) is 8.52. The normalized spacial score (nSPS) is 9.80. The van der Waals surface area contributed by atoms with Crippen LogP contribution in [0.4, 0.5) is 4.39 Å². The van der Waals surface area contributed by atoms with Gasteiger partial charge in [-0.25, -0.2) is 4.39 Å². The molecule has 0 saturated heterocycles. The Morgan fingerprint density at radius 1 is 1.60 bits per heavy atom. The maximum absolute atomic E-state index is 13.5. The molecule has 1 rings (SSSR count). The van der Waals surface area contributed by atoms with Crippen molar-refractivity contribution in [1.29, 1.82) is 5.26 Å². The standard InChI is InChI=1S/C11H11BrFNO/c1-7-6-9(13)11(15-2)8(10(7)12)4-3-5-14/h6H,3-4H2,1-2H3. The van der Waals surface area contributed by atoms with Gasteiger partial charge in [-0.15, -0.1) is 0 Å². The van der Waals surface area contributed by atoms with E-state index in [1.807, 2.05) is 13.0 Å². The average Bonchev–Trinajstić information content (AvgIpc) is 2.21. The first-order valence-corrected chi connectivity index (χ1v) is 5.29. The molecule has 0 heterocycles. The lowest BCUT2D eigenvalue weighted by molar-refractivity contribution is 0.380. The number of aryl methyl sites for hydroxylation is 1. The Morgan fingerprint density at radius 3 is 2.80 bits per heavy atom. The third-order valence-corrected chi connectivity index (χ3v) is 3.24. The fourth-order valence-corrected chi connectivity index (χ4v) is 1.92. The third-order valence-electron chi connectivity index (χ3n) is 2.14. The Bertz CT molecular complexity index is 412. The molecule has 0 aliphatic carbocycles. The number of methoxy groups -OCH3 is 1. The predicted octanol–water partition coefficient (Wildman–Crippen LogP) is 3.36. The van der Waals surface area contributed by atoms with Crippen LogP contribution in [0.2, 0.25) is 0 Å². The molecule has 0 spiro atoms. The fraction of sp³-hybridized carbons (Fsp3) is 0.364. The first-order valence-electron chi connectivity index (χ1n) is 4.50. The van der Waals surface area contributed by atoms with Gasteiger partial charge < -0.3 is 4.74 Å². The first kappa shape index (κ1) is 12.0. The molecule has 4 heteroatoms. The fourth-order valence-electron chi connectivity index (χ4n) is 1.43. The molecular weight excluding hydrogens is 261 g/mol. The van der Waals surface area contributed by atoms with Crippen molar-refractivity contribution in [3.63, 3.8) is 0 Å². The summed E-state index contributed by atoms with van der Waals surface area (Å²) >= 11 is 3.38. The molecule has 2 nitrogen and oxygen atoms in total. The monoisotopic (exact) mass is 271 g/mol. The molecule has 0 aliphatic heterocycles. The minimum Gasteiger partial charge on any atom is -0.493 e. The number of nitriles is 1. The van der Waals surface area contributed by atoms with E-state index in [-0.39, 0.29) is 11.6 Å². The topological polar surface area (TPSA) is 33.0 Å². The van der Waals surface area contributed by atoms with Crippen LogP contribution in [0.1, 0.15) is 17.5 Å². The Balaban J connectivity index is 3.25.